The van der Waals surface area contributed by atoms with Crippen LogP contribution in [0.3, 0.4) is 0 Å². The third-order valence-electron chi connectivity index (χ3n) is 9.57. The molecule has 46 heavy (non-hydrogen) atoms. The number of allylic oxidation sites excluding steroid dienone is 1. The van der Waals surface area contributed by atoms with Crippen LogP contribution in [0.15, 0.2) is 12.2 Å². The summed E-state index contributed by atoms with van der Waals surface area (Å²) in [5, 5.41) is 33.1. The molecule has 0 aromatic heterocycles. The van der Waals surface area contributed by atoms with Crippen molar-refractivity contribution in [3.8, 4) is 0 Å². The van der Waals surface area contributed by atoms with Crippen LogP contribution in [0.4, 0.5) is 0 Å². The van der Waals surface area contributed by atoms with Crippen molar-refractivity contribution < 1.29 is 20.1 Å². The Balaban J connectivity index is 3.61. The molecule has 0 aliphatic heterocycles. The van der Waals surface area contributed by atoms with Gasteiger partial charge in [-0.05, 0) is 19.3 Å². The van der Waals surface area contributed by atoms with Gasteiger partial charge < -0.3 is 20.6 Å². The van der Waals surface area contributed by atoms with E-state index in [-0.39, 0.29) is 18.9 Å². The molecule has 5 nitrogen and oxygen atoms in total. The fraction of sp³-hybridized carbons (Fsp3) is 0.927. The van der Waals surface area contributed by atoms with Crippen molar-refractivity contribution in [1.82, 2.24) is 5.32 Å². The van der Waals surface area contributed by atoms with Gasteiger partial charge in [-0.3, -0.25) is 4.79 Å². The van der Waals surface area contributed by atoms with E-state index < -0.39 is 18.2 Å². The molecule has 0 heterocycles. The Bertz CT molecular complexity index is 640. The second-order valence-corrected chi connectivity index (χ2v) is 14.3. The largest absolute Gasteiger partial charge is 0.394 e. The van der Waals surface area contributed by atoms with Gasteiger partial charge in [-0.15, -0.1) is 0 Å². The Kier molecular flexibility index (Phi) is 36.2. The number of hydrogen-bond acceptors (Lipinski definition) is 4. The van der Waals surface area contributed by atoms with Crippen LogP contribution in [-0.2, 0) is 4.79 Å². The number of nitrogens with one attached hydrogen (secondary N) is 1. The molecule has 3 atom stereocenters. The highest BCUT2D eigenvalue weighted by molar-refractivity contribution is 5.76. The number of aliphatic hydroxyl groups is 3. The molecule has 4 N–H and O–H groups in total. The molecule has 3 unspecified atom stereocenters. The smallest absolute Gasteiger partial charge is 0.222 e. The SMILES string of the molecule is CCCCCCCCCCC/C=C/C(O)C(CO)NC(=O)CC(O)CCCCCCCCCCCCCCCCCCCCCC. The van der Waals surface area contributed by atoms with Crippen LogP contribution in [0.1, 0.15) is 219 Å². The standard InChI is InChI=1S/C41H81NO4/c1-3-5-7-9-11-13-15-16-17-18-19-20-21-22-23-25-26-28-30-32-34-38(44)36-41(46)42-39(37-43)40(45)35-33-31-29-27-24-14-12-10-8-6-4-2/h33,35,38-40,43-45H,3-32,34,36-37H2,1-2H3,(H,42,46)/b35-33+. The monoisotopic (exact) mass is 652 g/mol. The molecular weight excluding hydrogens is 570 g/mol. The van der Waals surface area contributed by atoms with E-state index in [0.717, 1.165) is 25.7 Å². The second-order valence-electron chi connectivity index (χ2n) is 14.3. The predicted octanol–water partition coefficient (Wildman–Crippen LogP) is 11.3. The van der Waals surface area contributed by atoms with Gasteiger partial charge in [0.1, 0.15) is 0 Å². The fourth-order valence-electron chi connectivity index (χ4n) is 6.40. The molecule has 0 aliphatic carbocycles. The number of carbonyl (C=O) groups excluding carboxylic acids is 1. The molecule has 0 spiro atoms. The number of amides is 1. The minimum Gasteiger partial charge on any atom is -0.394 e. The number of carbonyl (C=O) groups is 1. The summed E-state index contributed by atoms with van der Waals surface area (Å²) in [7, 11) is 0. The van der Waals surface area contributed by atoms with Gasteiger partial charge in [0.15, 0.2) is 0 Å². The lowest BCUT2D eigenvalue weighted by Crippen LogP contribution is -2.45. The van der Waals surface area contributed by atoms with Crippen LogP contribution < -0.4 is 5.32 Å². The molecule has 0 aromatic rings. The lowest BCUT2D eigenvalue weighted by molar-refractivity contribution is -0.124. The zero-order valence-corrected chi connectivity index (χ0v) is 31.0. The molecule has 1 amide bonds. The van der Waals surface area contributed by atoms with Crippen LogP contribution in [0.25, 0.3) is 0 Å². The van der Waals surface area contributed by atoms with Gasteiger partial charge in [0, 0.05) is 0 Å². The van der Waals surface area contributed by atoms with Gasteiger partial charge >= 0.3 is 0 Å². The Morgan fingerprint density at radius 1 is 0.543 bits per heavy atom. The number of unbranched alkanes of at least 4 members (excludes halogenated alkanes) is 28. The zero-order chi connectivity index (χ0) is 33.8. The van der Waals surface area contributed by atoms with E-state index in [0.29, 0.717) is 6.42 Å². The van der Waals surface area contributed by atoms with E-state index in [1.165, 1.54) is 167 Å². The normalized spacial score (nSPS) is 13.8. The fourth-order valence-corrected chi connectivity index (χ4v) is 6.40. The van der Waals surface area contributed by atoms with E-state index in [2.05, 4.69) is 19.2 Å². The predicted molar refractivity (Wildman–Crippen MR) is 199 cm³/mol. The highest BCUT2D eigenvalue weighted by atomic mass is 16.3. The topological polar surface area (TPSA) is 89.8 Å². The first-order chi connectivity index (χ1) is 22.5. The van der Waals surface area contributed by atoms with Gasteiger partial charge in [0.05, 0.1) is 31.3 Å². The quantitative estimate of drug-likeness (QED) is 0.0397. The van der Waals surface area contributed by atoms with Crippen LogP contribution in [0, 0.1) is 0 Å². The van der Waals surface area contributed by atoms with Gasteiger partial charge in [0.25, 0.3) is 0 Å². The summed E-state index contributed by atoms with van der Waals surface area (Å²) in [6.45, 7) is 4.20. The lowest BCUT2D eigenvalue weighted by atomic mass is 10.0. The maximum absolute atomic E-state index is 12.4. The molecule has 0 fully saturated rings. The average molecular weight is 652 g/mol. The minimum absolute atomic E-state index is 0.0184. The van der Waals surface area contributed by atoms with Gasteiger partial charge in [0.2, 0.25) is 5.91 Å². The lowest BCUT2D eigenvalue weighted by Gasteiger charge is -2.21. The summed E-state index contributed by atoms with van der Waals surface area (Å²) in [5.74, 6) is -0.314. The second kappa shape index (κ2) is 36.9. The molecule has 0 aliphatic rings. The van der Waals surface area contributed by atoms with E-state index in [1.54, 1.807) is 6.08 Å². The first-order valence-corrected chi connectivity index (χ1v) is 20.5. The van der Waals surface area contributed by atoms with Crippen LogP contribution >= 0.6 is 0 Å². The van der Waals surface area contributed by atoms with Crippen molar-refractivity contribution in [3.63, 3.8) is 0 Å². The summed E-state index contributed by atoms with van der Waals surface area (Å²) in [6, 6.07) is -0.737. The maximum Gasteiger partial charge on any atom is 0.222 e. The van der Waals surface area contributed by atoms with E-state index in [4.69, 9.17) is 0 Å². The molecule has 0 saturated carbocycles. The third kappa shape index (κ3) is 33.0. The molecule has 0 bridgehead atoms. The highest BCUT2D eigenvalue weighted by Gasteiger charge is 2.20. The summed E-state index contributed by atoms with van der Waals surface area (Å²) in [4.78, 5) is 12.4. The molecule has 0 saturated heterocycles. The first-order valence-electron chi connectivity index (χ1n) is 20.5. The minimum atomic E-state index is -0.922. The zero-order valence-electron chi connectivity index (χ0n) is 31.0. The Morgan fingerprint density at radius 2 is 0.891 bits per heavy atom. The van der Waals surface area contributed by atoms with Crippen LogP contribution in [0.5, 0.6) is 0 Å². The molecule has 5 heteroatoms. The van der Waals surface area contributed by atoms with Crippen LogP contribution in [-0.4, -0.2) is 46.1 Å². The molecule has 0 rings (SSSR count). The van der Waals surface area contributed by atoms with Crippen molar-refractivity contribution in [3.05, 3.63) is 12.2 Å². The highest BCUT2D eigenvalue weighted by Crippen LogP contribution is 2.16. The maximum atomic E-state index is 12.4. The molecule has 274 valence electrons. The number of rotatable bonds is 37. The van der Waals surface area contributed by atoms with Crippen molar-refractivity contribution in [2.45, 2.75) is 238 Å². The molecule has 0 aromatic carbocycles. The van der Waals surface area contributed by atoms with Crippen molar-refractivity contribution >= 4 is 5.91 Å². The van der Waals surface area contributed by atoms with Crippen molar-refractivity contribution in [1.29, 1.82) is 0 Å². The van der Waals surface area contributed by atoms with E-state index in [1.807, 2.05) is 6.08 Å². The Morgan fingerprint density at radius 3 is 1.26 bits per heavy atom. The van der Waals surface area contributed by atoms with Crippen LogP contribution in [0.2, 0.25) is 0 Å². The summed E-state index contributed by atoms with van der Waals surface area (Å²) in [6.07, 6.45) is 42.1. The van der Waals surface area contributed by atoms with Gasteiger partial charge in [-0.25, -0.2) is 0 Å². The van der Waals surface area contributed by atoms with Gasteiger partial charge in [-0.1, -0.05) is 206 Å². The van der Waals surface area contributed by atoms with E-state index in [9.17, 15) is 20.1 Å². The number of aliphatic hydroxyl groups excluding tert-OH is 3. The molecular formula is C41H81NO4. The third-order valence-corrected chi connectivity index (χ3v) is 9.57. The van der Waals surface area contributed by atoms with Crippen molar-refractivity contribution in [2.24, 2.45) is 0 Å². The summed E-state index contributed by atoms with van der Waals surface area (Å²) in [5.41, 5.74) is 0. The Hall–Kier alpha value is -0.910. The first kappa shape index (κ1) is 45.1. The number of hydrogen-bond donors (Lipinski definition) is 4. The average Bonchev–Trinajstić information content (AvgIpc) is 3.05. The summed E-state index contributed by atoms with van der Waals surface area (Å²) >= 11 is 0. The van der Waals surface area contributed by atoms with Crippen molar-refractivity contribution in [2.75, 3.05) is 6.61 Å². The molecule has 0 radical (unpaired) electrons. The summed E-state index contributed by atoms with van der Waals surface area (Å²) < 4.78 is 0. The Labute approximate surface area is 287 Å². The van der Waals surface area contributed by atoms with E-state index >= 15 is 0 Å². The van der Waals surface area contributed by atoms with Gasteiger partial charge in [-0.2, -0.15) is 0 Å².